The zero-order valence-electron chi connectivity index (χ0n) is 17.3. The molecule has 0 saturated heterocycles. The van der Waals surface area contributed by atoms with Gasteiger partial charge in [0.05, 0.1) is 11.1 Å². The smallest absolute Gasteiger partial charge is 0.196 e. The molecule has 0 unspecified atom stereocenters. The molecule has 0 radical (unpaired) electrons. The largest absolute Gasteiger partial charge is 0.384 e. The van der Waals surface area contributed by atoms with Gasteiger partial charge in [-0.2, -0.15) is 0 Å². The summed E-state index contributed by atoms with van der Waals surface area (Å²) in [5.41, 5.74) is 14.3. The molecule has 3 rings (SSSR count). The zero-order chi connectivity index (χ0) is 21.3. The molecule has 0 aromatic heterocycles. The highest BCUT2D eigenvalue weighted by atomic mass is 16.1. The van der Waals surface area contributed by atoms with Crippen LogP contribution in [0.3, 0.4) is 0 Å². The van der Waals surface area contributed by atoms with E-state index >= 15 is 0 Å². The molecule has 0 spiro atoms. The van der Waals surface area contributed by atoms with Crippen LogP contribution in [0.4, 0.5) is 11.4 Å². The van der Waals surface area contributed by atoms with E-state index in [0.29, 0.717) is 59.8 Å². The van der Waals surface area contributed by atoms with Gasteiger partial charge in [-0.25, -0.2) is 0 Å². The maximum absolute atomic E-state index is 13.3. The second kappa shape index (κ2) is 10.9. The van der Waals surface area contributed by atoms with Crippen LogP contribution in [0.15, 0.2) is 36.4 Å². The van der Waals surface area contributed by atoms with Crippen molar-refractivity contribution >= 4 is 22.9 Å². The standard InChI is InChI=1S/C23H31N5O2/c24-10-4-1-5-12-27-18-8-9-19(28-15-14-26-13-11-25)21-20(18)22(29)16-6-2-3-7-17(16)23(21)30/h2-3,6-9,26-28H,1,4-5,10-15,24-25H2. The number of unbranched alkanes of at least 4 members (excludes halogenated alkanes) is 2. The third-order valence-electron chi connectivity index (χ3n) is 5.21. The van der Waals surface area contributed by atoms with Gasteiger partial charge in [0.2, 0.25) is 0 Å². The SMILES string of the molecule is NCCCCCNc1ccc(NCCNCCN)c2c1C(=O)c1ccccc1C2=O. The van der Waals surface area contributed by atoms with Gasteiger partial charge in [0.25, 0.3) is 0 Å². The van der Waals surface area contributed by atoms with E-state index < -0.39 is 0 Å². The average Bonchev–Trinajstić information content (AvgIpc) is 2.77. The van der Waals surface area contributed by atoms with Gasteiger partial charge in [0, 0.05) is 55.2 Å². The first-order valence-electron chi connectivity index (χ1n) is 10.6. The highest BCUT2D eigenvalue weighted by molar-refractivity contribution is 6.31. The summed E-state index contributed by atoms with van der Waals surface area (Å²) < 4.78 is 0. The summed E-state index contributed by atoms with van der Waals surface area (Å²) in [6, 6.07) is 10.8. The minimum absolute atomic E-state index is 0.116. The minimum atomic E-state index is -0.121. The lowest BCUT2D eigenvalue weighted by molar-refractivity contribution is 0.0980. The lowest BCUT2D eigenvalue weighted by atomic mass is 9.82. The van der Waals surface area contributed by atoms with Crippen molar-refractivity contribution in [1.29, 1.82) is 0 Å². The Morgan fingerprint density at radius 1 is 0.633 bits per heavy atom. The second-order valence-corrected chi connectivity index (χ2v) is 7.36. The van der Waals surface area contributed by atoms with Crippen molar-refractivity contribution in [3.63, 3.8) is 0 Å². The number of carbonyl (C=O) groups excluding carboxylic acids is 2. The molecule has 7 N–H and O–H groups in total. The van der Waals surface area contributed by atoms with Crippen molar-refractivity contribution in [3.8, 4) is 0 Å². The minimum Gasteiger partial charge on any atom is -0.384 e. The van der Waals surface area contributed by atoms with Crippen LogP contribution in [-0.2, 0) is 0 Å². The fourth-order valence-corrected chi connectivity index (χ4v) is 3.70. The molecular weight excluding hydrogens is 378 g/mol. The van der Waals surface area contributed by atoms with E-state index in [1.165, 1.54) is 0 Å². The van der Waals surface area contributed by atoms with E-state index in [0.717, 1.165) is 32.4 Å². The highest BCUT2D eigenvalue weighted by Crippen LogP contribution is 2.36. The van der Waals surface area contributed by atoms with E-state index in [1.54, 1.807) is 24.3 Å². The molecule has 0 atom stereocenters. The molecule has 7 nitrogen and oxygen atoms in total. The number of rotatable bonds is 12. The van der Waals surface area contributed by atoms with Gasteiger partial charge in [-0.05, 0) is 31.5 Å². The molecule has 0 aliphatic heterocycles. The van der Waals surface area contributed by atoms with Gasteiger partial charge in [-0.1, -0.05) is 30.7 Å². The van der Waals surface area contributed by atoms with Gasteiger partial charge in [0.15, 0.2) is 11.6 Å². The van der Waals surface area contributed by atoms with Crippen LogP contribution >= 0.6 is 0 Å². The molecule has 2 aromatic carbocycles. The van der Waals surface area contributed by atoms with Crippen molar-refractivity contribution in [2.45, 2.75) is 19.3 Å². The van der Waals surface area contributed by atoms with Gasteiger partial charge in [0.1, 0.15) is 0 Å². The number of ketones is 2. The number of fused-ring (bicyclic) bond motifs is 2. The van der Waals surface area contributed by atoms with E-state index in [-0.39, 0.29) is 11.6 Å². The van der Waals surface area contributed by atoms with Gasteiger partial charge in [-0.15, -0.1) is 0 Å². The Kier molecular flexibility index (Phi) is 7.96. The Balaban J connectivity index is 1.88. The Morgan fingerprint density at radius 3 is 1.80 bits per heavy atom. The van der Waals surface area contributed by atoms with Crippen LogP contribution < -0.4 is 27.4 Å². The molecule has 0 bridgehead atoms. The molecule has 0 saturated carbocycles. The lowest BCUT2D eigenvalue weighted by Crippen LogP contribution is -2.29. The number of benzene rings is 2. The first-order valence-corrected chi connectivity index (χ1v) is 10.6. The van der Waals surface area contributed by atoms with Crippen molar-refractivity contribution in [3.05, 3.63) is 58.7 Å². The molecule has 0 amide bonds. The Morgan fingerprint density at radius 2 is 1.23 bits per heavy atom. The zero-order valence-corrected chi connectivity index (χ0v) is 17.3. The van der Waals surface area contributed by atoms with Crippen molar-refractivity contribution < 1.29 is 9.59 Å². The number of nitrogens with one attached hydrogen (secondary N) is 3. The highest BCUT2D eigenvalue weighted by Gasteiger charge is 2.33. The van der Waals surface area contributed by atoms with Crippen molar-refractivity contribution in [2.24, 2.45) is 11.5 Å². The van der Waals surface area contributed by atoms with Gasteiger partial charge < -0.3 is 27.4 Å². The van der Waals surface area contributed by atoms with Crippen LogP contribution in [0.5, 0.6) is 0 Å². The third kappa shape index (κ3) is 4.87. The molecule has 0 fully saturated rings. The fourth-order valence-electron chi connectivity index (χ4n) is 3.70. The number of anilines is 2. The lowest BCUT2D eigenvalue weighted by Gasteiger charge is -2.24. The van der Waals surface area contributed by atoms with E-state index in [4.69, 9.17) is 11.5 Å². The molecule has 160 valence electrons. The number of hydrogen-bond acceptors (Lipinski definition) is 7. The Hall–Kier alpha value is -2.74. The van der Waals surface area contributed by atoms with Crippen LogP contribution in [-0.4, -0.2) is 50.8 Å². The Bertz CT molecular complexity index is 825. The number of hydrogen-bond donors (Lipinski definition) is 5. The molecule has 2 aromatic rings. The Labute approximate surface area is 177 Å². The first-order chi connectivity index (χ1) is 14.7. The predicted octanol–water partition coefficient (Wildman–Crippen LogP) is 1.96. The fraction of sp³-hybridized carbons (Fsp3) is 0.391. The summed E-state index contributed by atoms with van der Waals surface area (Å²) in [5.74, 6) is -0.237. The summed E-state index contributed by atoms with van der Waals surface area (Å²) in [7, 11) is 0. The normalized spacial score (nSPS) is 12.5. The molecule has 30 heavy (non-hydrogen) atoms. The van der Waals surface area contributed by atoms with E-state index in [2.05, 4.69) is 16.0 Å². The maximum Gasteiger partial charge on any atom is 0.196 e. The average molecular weight is 410 g/mol. The van der Waals surface area contributed by atoms with Crippen molar-refractivity contribution in [1.82, 2.24) is 5.32 Å². The number of carbonyl (C=O) groups is 2. The monoisotopic (exact) mass is 409 g/mol. The van der Waals surface area contributed by atoms with Crippen LogP contribution in [0.2, 0.25) is 0 Å². The first kappa shape index (κ1) is 22.0. The van der Waals surface area contributed by atoms with E-state index in [9.17, 15) is 9.59 Å². The van der Waals surface area contributed by atoms with Crippen LogP contribution in [0, 0.1) is 0 Å². The molecule has 7 heteroatoms. The molecule has 1 aliphatic rings. The van der Waals surface area contributed by atoms with E-state index in [1.807, 2.05) is 12.1 Å². The van der Waals surface area contributed by atoms with Crippen molar-refractivity contribution in [2.75, 3.05) is 49.9 Å². The molecule has 1 aliphatic carbocycles. The van der Waals surface area contributed by atoms with Crippen LogP contribution in [0.25, 0.3) is 0 Å². The topological polar surface area (TPSA) is 122 Å². The van der Waals surface area contributed by atoms with Crippen LogP contribution in [0.1, 0.15) is 51.1 Å². The van der Waals surface area contributed by atoms with Gasteiger partial charge >= 0.3 is 0 Å². The maximum atomic E-state index is 13.3. The summed E-state index contributed by atoms with van der Waals surface area (Å²) in [6.45, 7) is 4.06. The summed E-state index contributed by atoms with van der Waals surface area (Å²) in [5, 5.41) is 9.88. The molecular formula is C23H31N5O2. The quantitative estimate of drug-likeness (QED) is 0.290. The predicted molar refractivity (Wildman–Crippen MR) is 122 cm³/mol. The summed E-state index contributed by atoms with van der Waals surface area (Å²) >= 11 is 0. The van der Waals surface area contributed by atoms with Gasteiger partial charge in [-0.3, -0.25) is 9.59 Å². The number of nitrogens with two attached hydrogens (primary N) is 2. The third-order valence-corrected chi connectivity index (χ3v) is 5.21. The second-order valence-electron chi connectivity index (χ2n) is 7.36. The summed E-state index contributed by atoms with van der Waals surface area (Å²) in [4.78, 5) is 26.6. The summed E-state index contributed by atoms with van der Waals surface area (Å²) in [6.07, 6.45) is 2.96. The molecule has 0 heterocycles.